The lowest BCUT2D eigenvalue weighted by Crippen LogP contribution is -2.50. The van der Waals surface area contributed by atoms with Crippen LogP contribution in [0.5, 0.6) is 11.5 Å². The molecule has 1 aromatic carbocycles. The number of methoxy groups -OCH3 is 2. The van der Waals surface area contributed by atoms with E-state index in [1.165, 1.54) is 35.9 Å². The summed E-state index contributed by atoms with van der Waals surface area (Å²) in [7, 11) is -0.872. The Kier molecular flexibility index (Phi) is 7.23. The monoisotopic (exact) mass is 467 g/mol. The second kappa shape index (κ2) is 9.54. The number of hydrogen-bond acceptors (Lipinski definition) is 7. The lowest BCUT2D eigenvalue weighted by molar-refractivity contribution is 0.0701. The highest BCUT2D eigenvalue weighted by Crippen LogP contribution is 2.31. The molecule has 0 N–H and O–H groups in total. The molecule has 0 bridgehead atoms. The van der Waals surface area contributed by atoms with Crippen LogP contribution in [0.3, 0.4) is 0 Å². The van der Waals surface area contributed by atoms with Gasteiger partial charge in [-0.05, 0) is 25.0 Å². The van der Waals surface area contributed by atoms with E-state index in [0.717, 1.165) is 17.1 Å². The van der Waals surface area contributed by atoms with Gasteiger partial charge in [0.1, 0.15) is 21.3 Å². The van der Waals surface area contributed by atoms with Crippen LogP contribution in [0.2, 0.25) is 0 Å². The van der Waals surface area contributed by atoms with Crippen LogP contribution >= 0.6 is 11.3 Å². The van der Waals surface area contributed by atoms with E-state index < -0.39 is 10.0 Å². The highest BCUT2D eigenvalue weighted by molar-refractivity contribution is 7.89. The van der Waals surface area contributed by atoms with Crippen molar-refractivity contribution in [3.8, 4) is 11.5 Å². The molecule has 170 valence electrons. The summed E-state index contributed by atoms with van der Waals surface area (Å²) in [5.41, 5.74) is 0.738. The van der Waals surface area contributed by atoms with E-state index in [-0.39, 0.29) is 29.6 Å². The van der Waals surface area contributed by atoms with Crippen LogP contribution < -0.4 is 9.47 Å². The fraction of sp³-hybridized carbons (Fsp3) is 0.524. The quantitative estimate of drug-likeness (QED) is 0.622. The van der Waals surface area contributed by atoms with Crippen molar-refractivity contribution in [2.45, 2.75) is 32.1 Å². The van der Waals surface area contributed by atoms with Crippen molar-refractivity contribution in [3.63, 3.8) is 0 Å². The molecule has 1 fully saturated rings. The van der Waals surface area contributed by atoms with Crippen LogP contribution in [0.1, 0.15) is 34.2 Å². The molecule has 1 saturated heterocycles. The largest absolute Gasteiger partial charge is 0.497 e. The molecule has 2 heterocycles. The van der Waals surface area contributed by atoms with Crippen molar-refractivity contribution < 1.29 is 22.7 Å². The standard InChI is InChI=1S/C21H29N3O5S2/c1-14(2)12-19-22-15(3)20(30-19)21(25)23-8-10-24(11-9-23)31(26,27)18-13-16(28-4)6-7-17(18)29-5/h6-7,13-14H,8-12H2,1-5H3. The van der Waals surface area contributed by atoms with Crippen molar-refractivity contribution in [1.29, 1.82) is 0 Å². The van der Waals surface area contributed by atoms with E-state index >= 15 is 0 Å². The molecule has 31 heavy (non-hydrogen) atoms. The third-order valence-electron chi connectivity index (χ3n) is 5.13. The number of rotatable bonds is 7. The first kappa shape index (κ1) is 23.5. The summed E-state index contributed by atoms with van der Waals surface area (Å²) < 4.78 is 38.3. The Bertz CT molecular complexity index is 1040. The van der Waals surface area contributed by atoms with Gasteiger partial charge in [-0.2, -0.15) is 4.31 Å². The molecule has 3 rings (SSSR count). The number of sulfonamides is 1. The molecular weight excluding hydrogens is 438 g/mol. The predicted octanol–water partition coefficient (Wildman–Crippen LogP) is 2.81. The lowest BCUT2D eigenvalue weighted by Gasteiger charge is -2.34. The van der Waals surface area contributed by atoms with E-state index in [2.05, 4.69) is 18.8 Å². The predicted molar refractivity (Wildman–Crippen MR) is 120 cm³/mol. The summed E-state index contributed by atoms with van der Waals surface area (Å²) in [4.78, 5) is 20.0. The fourth-order valence-corrected chi connectivity index (χ4v) is 6.32. The molecule has 1 aromatic heterocycles. The number of piperazine rings is 1. The molecule has 8 nitrogen and oxygen atoms in total. The molecule has 0 atom stereocenters. The summed E-state index contributed by atoms with van der Waals surface area (Å²) in [6, 6.07) is 4.69. The third-order valence-corrected chi connectivity index (χ3v) is 8.22. The topological polar surface area (TPSA) is 89.0 Å². The van der Waals surface area contributed by atoms with E-state index in [0.29, 0.717) is 29.6 Å². The number of carbonyl (C=O) groups is 1. The summed E-state index contributed by atoms with van der Waals surface area (Å²) in [6.07, 6.45) is 0.840. The summed E-state index contributed by atoms with van der Waals surface area (Å²) in [5, 5.41) is 0.960. The Hall–Kier alpha value is -2.17. The zero-order chi connectivity index (χ0) is 22.8. The number of amides is 1. The Morgan fingerprint density at radius 1 is 1.16 bits per heavy atom. The molecule has 0 aliphatic carbocycles. The second-order valence-electron chi connectivity index (χ2n) is 7.83. The van der Waals surface area contributed by atoms with Crippen LogP contribution in [-0.2, 0) is 16.4 Å². The minimum atomic E-state index is -3.79. The van der Waals surface area contributed by atoms with Crippen LogP contribution in [0.4, 0.5) is 0 Å². The molecule has 0 spiro atoms. The zero-order valence-electron chi connectivity index (χ0n) is 18.5. The molecule has 1 amide bonds. The van der Waals surface area contributed by atoms with Gasteiger partial charge in [-0.15, -0.1) is 11.3 Å². The maximum Gasteiger partial charge on any atom is 0.265 e. The molecule has 10 heteroatoms. The third kappa shape index (κ3) is 5.02. The van der Waals surface area contributed by atoms with E-state index in [1.807, 2.05) is 6.92 Å². The highest BCUT2D eigenvalue weighted by atomic mass is 32.2. The highest BCUT2D eigenvalue weighted by Gasteiger charge is 2.33. The van der Waals surface area contributed by atoms with Gasteiger partial charge in [0.25, 0.3) is 5.91 Å². The fourth-order valence-electron chi connectivity index (χ4n) is 3.49. The van der Waals surface area contributed by atoms with Gasteiger partial charge < -0.3 is 14.4 Å². The number of aryl methyl sites for hydroxylation is 1. The van der Waals surface area contributed by atoms with Crippen LogP contribution in [0.15, 0.2) is 23.1 Å². The molecular formula is C21H29N3O5S2. The SMILES string of the molecule is COc1ccc(OC)c(S(=O)(=O)N2CCN(C(=O)c3sc(CC(C)C)nc3C)CC2)c1. The first-order valence-electron chi connectivity index (χ1n) is 10.1. The van der Waals surface area contributed by atoms with Crippen molar-refractivity contribution in [2.75, 3.05) is 40.4 Å². The van der Waals surface area contributed by atoms with E-state index in [1.54, 1.807) is 17.0 Å². The molecule has 1 aliphatic heterocycles. The number of thiazole rings is 1. The van der Waals surface area contributed by atoms with Crippen LogP contribution in [0.25, 0.3) is 0 Å². The minimum absolute atomic E-state index is 0.0609. The molecule has 0 saturated carbocycles. The summed E-state index contributed by atoms with van der Waals surface area (Å²) >= 11 is 1.44. The normalized spacial score (nSPS) is 15.4. The van der Waals surface area contributed by atoms with Crippen molar-refractivity contribution in [2.24, 2.45) is 5.92 Å². The summed E-state index contributed by atoms with van der Waals surface area (Å²) in [5.74, 6) is 1.08. The molecule has 2 aromatic rings. The number of carbonyl (C=O) groups excluding carboxylic acids is 1. The van der Waals surface area contributed by atoms with Gasteiger partial charge in [0.15, 0.2) is 0 Å². The number of benzene rings is 1. The number of hydrogen-bond donors (Lipinski definition) is 0. The first-order chi connectivity index (χ1) is 14.7. The summed E-state index contributed by atoms with van der Waals surface area (Å²) in [6.45, 7) is 7.16. The Labute approximate surface area is 187 Å². The van der Waals surface area contributed by atoms with Crippen molar-refractivity contribution >= 4 is 27.3 Å². The van der Waals surface area contributed by atoms with Gasteiger partial charge in [0, 0.05) is 38.7 Å². The Morgan fingerprint density at radius 2 is 1.84 bits per heavy atom. The van der Waals surface area contributed by atoms with E-state index in [9.17, 15) is 13.2 Å². The van der Waals surface area contributed by atoms with Gasteiger partial charge >= 0.3 is 0 Å². The number of ether oxygens (including phenoxy) is 2. The maximum absolute atomic E-state index is 13.2. The smallest absolute Gasteiger partial charge is 0.265 e. The number of nitrogens with zero attached hydrogens (tertiary/aromatic N) is 3. The van der Waals surface area contributed by atoms with Gasteiger partial charge in [-0.1, -0.05) is 13.8 Å². The van der Waals surface area contributed by atoms with Crippen molar-refractivity contribution in [1.82, 2.24) is 14.2 Å². The number of aromatic nitrogens is 1. The minimum Gasteiger partial charge on any atom is -0.497 e. The van der Waals surface area contributed by atoms with Gasteiger partial charge in [0.2, 0.25) is 10.0 Å². The van der Waals surface area contributed by atoms with Gasteiger partial charge in [-0.25, -0.2) is 13.4 Å². The second-order valence-corrected chi connectivity index (χ2v) is 10.8. The average Bonchev–Trinajstić information content (AvgIpc) is 3.11. The average molecular weight is 468 g/mol. The lowest BCUT2D eigenvalue weighted by atomic mass is 10.1. The zero-order valence-corrected chi connectivity index (χ0v) is 20.2. The van der Waals surface area contributed by atoms with Crippen LogP contribution in [0, 0.1) is 12.8 Å². The molecule has 1 aliphatic rings. The van der Waals surface area contributed by atoms with E-state index in [4.69, 9.17) is 9.47 Å². The molecule has 0 unspecified atom stereocenters. The Morgan fingerprint density at radius 3 is 2.42 bits per heavy atom. The van der Waals surface area contributed by atoms with Crippen LogP contribution in [-0.4, -0.2) is 68.9 Å². The van der Waals surface area contributed by atoms with Gasteiger partial charge in [0.05, 0.1) is 24.9 Å². The van der Waals surface area contributed by atoms with Crippen molar-refractivity contribution in [3.05, 3.63) is 33.8 Å². The molecule has 0 radical (unpaired) electrons. The maximum atomic E-state index is 13.2. The first-order valence-corrected chi connectivity index (χ1v) is 12.4. The van der Waals surface area contributed by atoms with Gasteiger partial charge in [-0.3, -0.25) is 4.79 Å². The Balaban J connectivity index is 1.73.